The van der Waals surface area contributed by atoms with E-state index < -0.39 is 0 Å². The van der Waals surface area contributed by atoms with Crippen molar-refractivity contribution in [3.63, 3.8) is 0 Å². The third-order valence-electron chi connectivity index (χ3n) is 4.31. The molecule has 1 aliphatic heterocycles. The van der Waals surface area contributed by atoms with E-state index in [1.54, 1.807) is 0 Å². The molecule has 2 heteroatoms. The lowest BCUT2D eigenvalue weighted by molar-refractivity contribution is -0.918. The smallest absolute Gasteiger partial charge is 0.0815 e. The lowest BCUT2D eigenvalue weighted by Gasteiger charge is -2.35. The third-order valence-corrected chi connectivity index (χ3v) is 4.31. The van der Waals surface area contributed by atoms with Crippen LogP contribution < -0.4 is 24.0 Å². The van der Waals surface area contributed by atoms with E-state index in [1.165, 1.54) is 69.2 Å². The minimum Gasteiger partial charge on any atom is -1.00 e. The van der Waals surface area contributed by atoms with Crippen molar-refractivity contribution in [2.24, 2.45) is 5.92 Å². The Balaban J connectivity index is 0.000000980. The Morgan fingerprint density at radius 1 is 1.00 bits per heavy atom. The lowest BCUT2D eigenvalue weighted by Crippen LogP contribution is -3.00. The first-order valence-electron chi connectivity index (χ1n) is 6.20. The fraction of sp³-hybridized carbons (Fsp3) is 1.00. The highest BCUT2D eigenvalue weighted by Gasteiger charge is 2.33. The molecule has 1 saturated heterocycles. The van der Waals surface area contributed by atoms with Crippen molar-refractivity contribution in [2.75, 3.05) is 26.2 Å². The van der Waals surface area contributed by atoms with Crippen LogP contribution in [-0.2, 0) is 0 Å². The highest BCUT2D eigenvalue weighted by molar-refractivity contribution is 4.68. The van der Waals surface area contributed by atoms with Gasteiger partial charge in [0, 0.05) is 18.8 Å². The average Bonchev–Trinajstić information content (AvgIpc) is 2.77. The van der Waals surface area contributed by atoms with Crippen LogP contribution >= 0.6 is 0 Å². The topological polar surface area (TPSA) is 0 Å². The Kier molecular flexibility index (Phi) is 5.18. The van der Waals surface area contributed by atoms with Crippen molar-refractivity contribution in [1.82, 2.24) is 0 Å². The van der Waals surface area contributed by atoms with E-state index in [1.807, 2.05) is 0 Å². The van der Waals surface area contributed by atoms with E-state index in [9.17, 15) is 0 Å². The third kappa shape index (κ3) is 2.84. The van der Waals surface area contributed by atoms with Gasteiger partial charge in [0.05, 0.1) is 26.2 Å². The summed E-state index contributed by atoms with van der Waals surface area (Å²) in [6.45, 7) is 8.24. The quantitative estimate of drug-likeness (QED) is 0.501. The predicted octanol–water partition coefficient (Wildman–Crippen LogP) is -0.189. The number of hydrogen-bond acceptors (Lipinski definition) is 0. The van der Waals surface area contributed by atoms with Gasteiger partial charge in [0.25, 0.3) is 0 Å². The molecule has 1 saturated carbocycles. The molecule has 0 aromatic carbocycles. The van der Waals surface area contributed by atoms with Gasteiger partial charge in [-0.2, -0.15) is 0 Å². The SMILES string of the molecule is CC[N+]1(CC2CCCC2)CCCC1.[I-]. The molecule has 0 spiro atoms. The minimum absolute atomic E-state index is 0. The number of hydrogen-bond donors (Lipinski definition) is 0. The maximum absolute atomic E-state index is 2.39. The summed E-state index contributed by atoms with van der Waals surface area (Å²) < 4.78 is 1.46. The van der Waals surface area contributed by atoms with Gasteiger partial charge in [0.15, 0.2) is 0 Å². The van der Waals surface area contributed by atoms with Crippen molar-refractivity contribution in [3.05, 3.63) is 0 Å². The highest BCUT2D eigenvalue weighted by Crippen LogP contribution is 2.30. The molecule has 0 aromatic rings. The molecule has 1 aliphatic carbocycles. The second-order valence-corrected chi connectivity index (χ2v) is 5.15. The predicted molar refractivity (Wildman–Crippen MR) is 56.6 cm³/mol. The average molecular weight is 309 g/mol. The van der Waals surface area contributed by atoms with Gasteiger partial charge in [-0.15, -0.1) is 0 Å². The summed E-state index contributed by atoms with van der Waals surface area (Å²) in [7, 11) is 0. The van der Waals surface area contributed by atoms with E-state index in [0.717, 1.165) is 5.92 Å². The highest BCUT2D eigenvalue weighted by atomic mass is 127. The number of nitrogens with zero attached hydrogens (tertiary/aromatic N) is 1. The number of halogens is 1. The minimum atomic E-state index is 0. The Morgan fingerprint density at radius 3 is 2.07 bits per heavy atom. The molecule has 2 rings (SSSR count). The molecule has 0 bridgehead atoms. The zero-order valence-corrected chi connectivity index (χ0v) is 11.6. The first-order chi connectivity index (χ1) is 6.35. The van der Waals surface area contributed by atoms with E-state index >= 15 is 0 Å². The molecule has 0 radical (unpaired) electrons. The second-order valence-electron chi connectivity index (χ2n) is 5.15. The molecular weight excluding hydrogens is 285 g/mol. The van der Waals surface area contributed by atoms with Gasteiger partial charge in [-0.3, -0.25) is 0 Å². The molecule has 1 nitrogen and oxygen atoms in total. The van der Waals surface area contributed by atoms with Gasteiger partial charge < -0.3 is 28.5 Å². The Hall–Kier alpha value is 0.690. The molecule has 2 fully saturated rings. The van der Waals surface area contributed by atoms with Crippen molar-refractivity contribution < 1.29 is 28.5 Å². The zero-order chi connectivity index (χ0) is 9.15. The van der Waals surface area contributed by atoms with Crippen LogP contribution in [0.3, 0.4) is 0 Å². The van der Waals surface area contributed by atoms with Crippen molar-refractivity contribution in [3.8, 4) is 0 Å². The normalized spacial score (nSPS) is 26.4. The van der Waals surface area contributed by atoms with Gasteiger partial charge in [-0.05, 0) is 19.8 Å². The molecule has 0 atom stereocenters. The second kappa shape index (κ2) is 5.69. The molecule has 84 valence electrons. The molecule has 0 N–H and O–H groups in total. The van der Waals surface area contributed by atoms with Crippen LogP contribution in [0.15, 0.2) is 0 Å². The molecule has 0 unspecified atom stereocenters. The summed E-state index contributed by atoms with van der Waals surface area (Å²) in [6, 6.07) is 0. The van der Waals surface area contributed by atoms with Crippen LogP contribution in [0.4, 0.5) is 0 Å². The van der Waals surface area contributed by atoms with Gasteiger partial charge in [0.2, 0.25) is 0 Å². The number of likely N-dealkylation sites (tertiary alicyclic amines) is 1. The van der Waals surface area contributed by atoms with Gasteiger partial charge in [-0.25, -0.2) is 0 Å². The van der Waals surface area contributed by atoms with Gasteiger partial charge >= 0.3 is 0 Å². The van der Waals surface area contributed by atoms with E-state index in [-0.39, 0.29) is 24.0 Å². The maximum atomic E-state index is 2.39. The van der Waals surface area contributed by atoms with Crippen molar-refractivity contribution >= 4 is 0 Å². The van der Waals surface area contributed by atoms with Crippen LogP contribution in [0.2, 0.25) is 0 Å². The summed E-state index contributed by atoms with van der Waals surface area (Å²) in [4.78, 5) is 0. The maximum Gasteiger partial charge on any atom is 0.0815 e. The largest absolute Gasteiger partial charge is 1.00 e. The van der Waals surface area contributed by atoms with Crippen molar-refractivity contribution in [2.45, 2.75) is 45.4 Å². The summed E-state index contributed by atoms with van der Waals surface area (Å²) in [5.74, 6) is 1.08. The Bertz CT molecular complexity index is 158. The Morgan fingerprint density at radius 2 is 1.57 bits per heavy atom. The lowest BCUT2D eigenvalue weighted by atomic mass is 10.1. The van der Waals surface area contributed by atoms with Gasteiger partial charge in [0.1, 0.15) is 0 Å². The van der Waals surface area contributed by atoms with Crippen LogP contribution in [0.25, 0.3) is 0 Å². The summed E-state index contributed by atoms with van der Waals surface area (Å²) in [5.41, 5.74) is 0. The molecule has 0 aromatic heterocycles. The first kappa shape index (κ1) is 12.8. The number of rotatable bonds is 3. The van der Waals surface area contributed by atoms with E-state index in [4.69, 9.17) is 0 Å². The monoisotopic (exact) mass is 309 g/mol. The molecular formula is C12H24IN. The van der Waals surface area contributed by atoms with Crippen molar-refractivity contribution in [1.29, 1.82) is 0 Å². The van der Waals surface area contributed by atoms with E-state index in [0.29, 0.717) is 0 Å². The molecule has 1 heterocycles. The molecule has 14 heavy (non-hydrogen) atoms. The van der Waals surface area contributed by atoms with Crippen LogP contribution in [-0.4, -0.2) is 30.7 Å². The fourth-order valence-electron chi connectivity index (χ4n) is 3.37. The van der Waals surface area contributed by atoms with Crippen LogP contribution in [0.5, 0.6) is 0 Å². The summed E-state index contributed by atoms with van der Waals surface area (Å²) in [6.07, 6.45) is 9.05. The standard InChI is InChI=1S/C12H24N.HI/c1-2-13(9-5-6-10-13)11-12-7-3-4-8-12;/h12H,2-11H2,1H3;1H/q+1;/p-1. The summed E-state index contributed by atoms with van der Waals surface area (Å²) >= 11 is 0. The van der Waals surface area contributed by atoms with Gasteiger partial charge in [-0.1, -0.05) is 12.8 Å². The zero-order valence-electron chi connectivity index (χ0n) is 9.47. The fourth-order valence-corrected chi connectivity index (χ4v) is 3.37. The summed E-state index contributed by atoms with van der Waals surface area (Å²) in [5, 5.41) is 0. The Labute approximate surface area is 106 Å². The van der Waals surface area contributed by atoms with E-state index in [2.05, 4.69) is 6.92 Å². The van der Waals surface area contributed by atoms with Crippen LogP contribution in [0, 0.1) is 5.92 Å². The molecule has 2 aliphatic rings. The number of quaternary nitrogens is 1. The first-order valence-corrected chi connectivity index (χ1v) is 6.20. The molecule has 0 amide bonds. The van der Waals surface area contributed by atoms with Crippen LogP contribution in [0.1, 0.15) is 45.4 Å².